The van der Waals surface area contributed by atoms with Gasteiger partial charge in [-0.1, -0.05) is 35.9 Å². The number of carboxylic acids is 1. The number of hydrogen-bond acceptors (Lipinski definition) is 9. The van der Waals surface area contributed by atoms with Crippen LogP contribution in [0.3, 0.4) is 0 Å². The van der Waals surface area contributed by atoms with Crippen molar-refractivity contribution in [2.24, 2.45) is 0 Å². The van der Waals surface area contributed by atoms with Gasteiger partial charge in [0.25, 0.3) is 0 Å². The molecule has 2 aromatic carbocycles. The number of aliphatic carboxylic acids is 1. The number of rotatable bonds is 7. The first-order chi connectivity index (χ1) is 18.8. The zero-order valence-corrected chi connectivity index (χ0v) is 22.2. The van der Waals surface area contributed by atoms with Crippen molar-refractivity contribution in [2.45, 2.75) is 68.3 Å². The number of halogens is 1. The van der Waals surface area contributed by atoms with Crippen LogP contribution in [0, 0.1) is 0 Å². The van der Waals surface area contributed by atoms with Crippen LogP contribution < -0.4 is 10.1 Å². The van der Waals surface area contributed by atoms with Gasteiger partial charge in [0, 0.05) is 11.4 Å². The van der Waals surface area contributed by atoms with E-state index in [2.05, 4.69) is 5.32 Å². The number of aliphatic hydroxyl groups excluding tert-OH is 4. The van der Waals surface area contributed by atoms with Crippen LogP contribution in [-0.2, 0) is 20.7 Å². The van der Waals surface area contributed by atoms with E-state index < -0.39 is 43.1 Å². The number of carbonyl (C=O) groups is 1. The van der Waals surface area contributed by atoms with Crippen LogP contribution in [-0.4, -0.2) is 94.4 Å². The van der Waals surface area contributed by atoms with Gasteiger partial charge in [-0.25, -0.2) is 0 Å². The summed E-state index contributed by atoms with van der Waals surface area (Å²) in [7, 11) is 0. The van der Waals surface area contributed by atoms with Gasteiger partial charge >= 0.3 is 5.97 Å². The van der Waals surface area contributed by atoms with Crippen LogP contribution in [0.5, 0.6) is 5.75 Å². The predicted molar refractivity (Wildman–Crippen MR) is 142 cm³/mol. The lowest BCUT2D eigenvalue weighted by atomic mass is 9.90. The quantitative estimate of drug-likeness (QED) is 0.290. The van der Waals surface area contributed by atoms with Crippen molar-refractivity contribution in [3.63, 3.8) is 0 Å². The summed E-state index contributed by atoms with van der Waals surface area (Å²) >= 11 is 6.40. The fraction of sp³-hybridized carbons (Fsp3) is 0.536. The molecule has 214 valence electrons. The summed E-state index contributed by atoms with van der Waals surface area (Å²) in [5.41, 5.74) is 2.47. The highest BCUT2D eigenvalue weighted by Gasteiger charge is 2.44. The lowest BCUT2D eigenvalue weighted by Crippen LogP contribution is -2.55. The van der Waals surface area contributed by atoms with Gasteiger partial charge in [0.2, 0.25) is 0 Å². The normalized spacial score (nSPS) is 30.4. The number of carboxylic acid groups (broad SMARTS) is 1. The monoisotopic (exact) mass is 565 g/mol. The third kappa shape index (κ3) is 7.68. The molecule has 3 saturated heterocycles. The highest BCUT2D eigenvalue weighted by atomic mass is 35.5. The fourth-order valence-corrected chi connectivity index (χ4v) is 5.07. The molecule has 0 saturated carbocycles. The molecule has 3 fully saturated rings. The second-order valence-corrected chi connectivity index (χ2v) is 10.4. The molecule has 10 nitrogen and oxygen atoms in total. The average Bonchev–Trinajstić information content (AvgIpc) is 3.66. The molecule has 7 atom stereocenters. The summed E-state index contributed by atoms with van der Waals surface area (Å²) < 4.78 is 16.9. The fourth-order valence-electron chi connectivity index (χ4n) is 4.88. The summed E-state index contributed by atoms with van der Waals surface area (Å²) in [6.07, 6.45) is -2.67. The van der Waals surface area contributed by atoms with Gasteiger partial charge in [0.15, 0.2) is 0 Å². The average molecular weight is 566 g/mol. The van der Waals surface area contributed by atoms with Gasteiger partial charge in [0.1, 0.15) is 48.4 Å². The Hall–Kier alpha value is -2.28. The second-order valence-electron chi connectivity index (χ2n) is 10.0. The van der Waals surface area contributed by atoms with Crippen LogP contribution in [0.15, 0.2) is 42.5 Å². The highest BCUT2D eigenvalue weighted by molar-refractivity contribution is 6.31. The maximum atomic E-state index is 10.4. The van der Waals surface area contributed by atoms with Gasteiger partial charge in [-0.05, 0) is 60.7 Å². The first-order valence-electron chi connectivity index (χ1n) is 13.1. The van der Waals surface area contributed by atoms with Crippen LogP contribution in [0.4, 0.5) is 0 Å². The smallest absolute Gasteiger partial charge is 0.320 e. The molecule has 0 amide bonds. The molecule has 0 aliphatic carbocycles. The molecule has 3 aliphatic heterocycles. The van der Waals surface area contributed by atoms with Crippen LogP contribution in [0.2, 0.25) is 5.02 Å². The van der Waals surface area contributed by atoms with E-state index in [1.165, 1.54) is 0 Å². The second kappa shape index (κ2) is 13.9. The van der Waals surface area contributed by atoms with Gasteiger partial charge in [-0.3, -0.25) is 4.79 Å². The first kappa shape index (κ1) is 29.7. The van der Waals surface area contributed by atoms with Crippen molar-refractivity contribution < 1.29 is 44.5 Å². The van der Waals surface area contributed by atoms with E-state index in [0.717, 1.165) is 49.3 Å². The predicted octanol–water partition coefficient (Wildman–Crippen LogP) is 1.44. The summed E-state index contributed by atoms with van der Waals surface area (Å²) in [5, 5.41) is 51.7. The third-order valence-corrected chi connectivity index (χ3v) is 7.53. The largest absolute Gasteiger partial charge is 0.488 e. The number of ether oxygens (including phenoxy) is 3. The number of aliphatic hydroxyl groups is 4. The van der Waals surface area contributed by atoms with E-state index in [1.807, 2.05) is 30.3 Å². The maximum Gasteiger partial charge on any atom is 0.320 e. The Morgan fingerprint density at radius 3 is 2.41 bits per heavy atom. The van der Waals surface area contributed by atoms with Crippen molar-refractivity contribution in [2.75, 3.05) is 26.4 Å². The molecule has 2 aromatic rings. The Labute approximate surface area is 232 Å². The lowest BCUT2D eigenvalue weighted by Gasteiger charge is -2.40. The van der Waals surface area contributed by atoms with E-state index in [1.54, 1.807) is 12.1 Å². The molecule has 5 rings (SSSR count). The Morgan fingerprint density at radius 2 is 1.82 bits per heavy atom. The Balaban J connectivity index is 0.000000379. The van der Waals surface area contributed by atoms with E-state index in [-0.39, 0.29) is 12.1 Å². The van der Waals surface area contributed by atoms with Gasteiger partial charge in [-0.15, -0.1) is 0 Å². The molecule has 3 heterocycles. The molecule has 0 spiro atoms. The molecular formula is C28H36ClNO9. The summed E-state index contributed by atoms with van der Waals surface area (Å²) in [6.45, 7) is 1.73. The molecule has 0 unspecified atom stereocenters. The maximum absolute atomic E-state index is 10.4. The molecular weight excluding hydrogens is 530 g/mol. The molecule has 6 N–H and O–H groups in total. The van der Waals surface area contributed by atoms with E-state index >= 15 is 0 Å². The lowest BCUT2D eigenvalue weighted by molar-refractivity contribution is -0.231. The van der Waals surface area contributed by atoms with E-state index in [9.17, 15) is 25.2 Å². The van der Waals surface area contributed by atoms with Crippen molar-refractivity contribution >= 4 is 17.6 Å². The molecule has 0 radical (unpaired) electrons. The minimum absolute atomic E-state index is 0.0931. The first-order valence-corrected chi connectivity index (χ1v) is 13.5. The molecule has 39 heavy (non-hydrogen) atoms. The zero-order chi connectivity index (χ0) is 27.9. The SMILES string of the molecule is O=C(O)[C@@H]1CCCN1.OC[C@H]1O[C@@H](c2ccc(Cl)c(Cc3ccc(O[C@H]4CCOC4)cc3)c2)[C@H](O)[C@@H](O)[C@@H]1O. The van der Waals surface area contributed by atoms with Crippen LogP contribution in [0.25, 0.3) is 0 Å². The van der Waals surface area contributed by atoms with E-state index in [0.29, 0.717) is 23.6 Å². The third-order valence-electron chi connectivity index (χ3n) is 7.16. The van der Waals surface area contributed by atoms with Gasteiger partial charge in [-0.2, -0.15) is 0 Å². The van der Waals surface area contributed by atoms with Crippen molar-refractivity contribution in [1.29, 1.82) is 0 Å². The van der Waals surface area contributed by atoms with Crippen LogP contribution in [0.1, 0.15) is 42.1 Å². The summed E-state index contributed by atoms with van der Waals surface area (Å²) in [6, 6.07) is 12.8. The molecule has 0 bridgehead atoms. The minimum atomic E-state index is -1.42. The van der Waals surface area contributed by atoms with Gasteiger partial charge < -0.3 is 45.1 Å². The molecule has 0 aromatic heterocycles. The number of hydrogen-bond donors (Lipinski definition) is 6. The van der Waals surface area contributed by atoms with Crippen molar-refractivity contribution in [1.82, 2.24) is 5.32 Å². The van der Waals surface area contributed by atoms with E-state index in [4.69, 9.17) is 30.9 Å². The van der Waals surface area contributed by atoms with Crippen molar-refractivity contribution in [3.8, 4) is 5.75 Å². The van der Waals surface area contributed by atoms with Crippen LogP contribution >= 0.6 is 11.6 Å². The van der Waals surface area contributed by atoms with Crippen molar-refractivity contribution in [3.05, 3.63) is 64.2 Å². The summed E-state index contributed by atoms with van der Waals surface area (Å²) in [4.78, 5) is 10.1. The minimum Gasteiger partial charge on any atom is -0.488 e. The highest BCUT2D eigenvalue weighted by Crippen LogP contribution is 2.34. The zero-order valence-electron chi connectivity index (χ0n) is 21.5. The summed E-state index contributed by atoms with van der Waals surface area (Å²) in [5.74, 6) is 0.0721. The standard InChI is InChI=1S/C23H27ClO7.C5H9NO2/c24-18-6-3-14(23-22(28)21(27)20(26)19(11-25)31-23)10-15(18)9-13-1-4-16(5-2-13)30-17-7-8-29-12-17;7-5(8)4-2-1-3-6-4/h1-6,10,17,19-23,25-28H,7-9,11-12H2;4,6H,1-3H2,(H,7,8)/t17-,19+,20+,21-,22+,23-;4-/m00/s1. The Morgan fingerprint density at radius 1 is 1.05 bits per heavy atom. The number of benzene rings is 2. The number of nitrogens with one attached hydrogen (secondary N) is 1. The molecule has 11 heteroatoms. The van der Waals surface area contributed by atoms with Gasteiger partial charge in [0.05, 0.1) is 19.8 Å². The topological polar surface area (TPSA) is 158 Å². The Bertz CT molecular complexity index is 1070. The molecule has 3 aliphatic rings. The Kier molecular flexibility index (Phi) is 10.6.